The SMILES string of the molecule is CCC[C@@H](CN1CC[C@]2(C)c3cc(O)ccc3C[C@@H]1[C@H]2C)OC. The van der Waals surface area contributed by atoms with Gasteiger partial charge in [-0.05, 0) is 60.4 Å². The summed E-state index contributed by atoms with van der Waals surface area (Å²) in [5, 5.41) is 9.92. The molecule has 1 aromatic rings. The maximum absolute atomic E-state index is 9.92. The number of hydrogen-bond acceptors (Lipinski definition) is 3. The van der Waals surface area contributed by atoms with Crippen molar-refractivity contribution in [1.29, 1.82) is 0 Å². The number of piperidine rings is 1. The fraction of sp³-hybridized carbons (Fsp3) is 0.700. The molecule has 0 radical (unpaired) electrons. The number of nitrogens with zero attached hydrogens (tertiary/aromatic N) is 1. The molecule has 0 amide bonds. The van der Waals surface area contributed by atoms with Crippen LogP contribution in [-0.2, 0) is 16.6 Å². The largest absolute Gasteiger partial charge is 0.508 e. The van der Waals surface area contributed by atoms with Crippen molar-refractivity contribution in [1.82, 2.24) is 4.90 Å². The van der Waals surface area contributed by atoms with E-state index in [1.165, 1.54) is 17.5 Å². The number of aromatic hydroxyl groups is 1. The van der Waals surface area contributed by atoms with Crippen LogP contribution < -0.4 is 0 Å². The van der Waals surface area contributed by atoms with Gasteiger partial charge in [-0.2, -0.15) is 0 Å². The molecule has 0 aromatic heterocycles. The molecule has 1 saturated heterocycles. The molecule has 23 heavy (non-hydrogen) atoms. The van der Waals surface area contributed by atoms with Gasteiger partial charge in [-0.3, -0.25) is 4.90 Å². The Morgan fingerprint density at radius 1 is 1.43 bits per heavy atom. The zero-order valence-corrected chi connectivity index (χ0v) is 15.0. The first-order valence-electron chi connectivity index (χ1n) is 9.08. The van der Waals surface area contributed by atoms with Crippen molar-refractivity contribution >= 4 is 0 Å². The van der Waals surface area contributed by atoms with Gasteiger partial charge >= 0.3 is 0 Å². The first-order valence-corrected chi connectivity index (χ1v) is 9.08. The Kier molecular flexibility index (Phi) is 4.70. The highest BCUT2D eigenvalue weighted by molar-refractivity contribution is 5.44. The first-order chi connectivity index (χ1) is 11.0. The lowest BCUT2D eigenvalue weighted by atomic mass is 9.59. The van der Waals surface area contributed by atoms with Gasteiger partial charge in [0.2, 0.25) is 0 Å². The molecule has 2 bridgehead atoms. The molecule has 2 aliphatic rings. The van der Waals surface area contributed by atoms with E-state index < -0.39 is 0 Å². The van der Waals surface area contributed by atoms with E-state index in [4.69, 9.17) is 4.74 Å². The van der Waals surface area contributed by atoms with E-state index in [-0.39, 0.29) is 5.41 Å². The van der Waals surface area contributed by atoms with Crippen molar-refractivity contribution < 1.29 is 9.84 Å². The Labute approximate surface area is 140 Å². The summed E-state index contributed by atoms with van der Waals surface area (Å²) in [6, 6.07) is 6.56. The Balaban J connectivity index is 1.86. The van der Waals surface area contributed by atoms with Gasteiger partial charge in [-0.25, -0.2) is 0 Å². The topological polar surface area (TPSA) is 32.7 Å². The van der Waals surface area contributed by atoms with Crippen molar-refractivity contribution in [2.24, 2.45) is 5.92 Å². The third-order valence-corrected chi connectivity index (χ3v) is 6.49. The molecule has 0 unspecified atom stereocenters. The number of likely N-dealkylation sites (tertiary alicyclic amines) is 1. The molecule has 3 rings (SSSR count). The second-order valence-electron chi connectivity index (χ2n) is 7.71. The molecule has 128 valence electrons. The van der Waals surface area contributed by atoms with E-state index in [0.717, 1.165) is 32.4 Å². The summed E-state index contributed by atoms with van der Waals surface area (Å²) in [5.41, 5.74) is 2.97. The summed E-state index contributed by atoms with van der Waals surface area (Å²) in [5.74, 6) is 1.00. The van der Waals surface area contributed by atoms with Crippen LogP contribution in [0.3, 0.4) is 0 Å². The fourth-order valence-corrected chi connectivity index (χ4v) is 4.79. The Morgan fingerprint density at radius 3 is 2.91 bits per heavy atom. The molecule has 0 saturated carbocycles. The number of hydrogen-bond donors (Lipinski definition) is 1. The highest BCUT2D eigenvalue weighted by atomic mass is 16.5. The van der Waals surface area contributed by atoms with E-state index in [0.29, 0.717) is 23.8 Å². The summed E-state index contributed by atoms with van der Waals surface area (Å²) >= 11 is 0. The number of methoxy groups -OCH3 is 1. The van der Waals surface area contributed by atoms with E-state index in [9.17, 15) is 5.11 Å². The number of ether oxygens (including phenoxy) is 1. The summed E-state index contributed by atoms with van der Waals surface area (Å²) in [6.07, 6.45) is 4.90. The normalized spacial score (nSPS) is 31.7. The molecule has 1 heterocycles. The van der Waals surface area contributed by atoms with E-state index in [1.54, 1.807) is 0 Å². The first kappa shape index (κ1) is 16.8. The predicted octanol–water partition coefficient (Wildman–Crippen LogP) is 3.73. The zero-order valence-electron chi connectivity index (χ0n) is 15.0. The van der Waals surface area contributed by atoms with E-state index in [1.807, 2.05) is 19.2 Å². The van der Waals surface area contributed by atoms with Crippen molar-refractivity contribution in [3.8, 4) is 5.75 Å². The zero-order chi connectivity index (χ0) is 16.6. The maximum atomic E-state index is 9.92. The number of rotatable bonds is 5. The molecular weight excluding hydrogens is 286 g/mol. The summed E-state index contributed by atoms with van der Waals surface area (Å²) in [6.45, 7) is 9.18. The molecule has 4 atom stereocenters. The van der Waals surface area contributed by atoms with Crippen molar-refractivity contribution in [3.05, 3.63) is 29.3 Å². The Bertz CT molecular complexity index is 559. The van der Waals surface area contributed by atoms with Gasteiger partial charge in [0, 0.05) is 19.7 Å². The summed E-state index contributed by atoms with van der Waals surface area (Å²) < 4.78 is 5.70. The van der Waals surface area contributed by atoms with Crippen molar-refractivity contribution in [3.63, 3.8) is 0 Å². The van der Waals surface area contributed by atoms with Gasteiger partial charge in [-0.15, -0.1) is 0 Å². The van der Waals surface area contributed by atoms with Crippen LogP contribution in [0.4, 0.5) is 0 Å². The van der Waals surface area contributed by atoms with Crippen LogP contribution in [0.2, 0.25) is 0 Å². The smallest absolute Gasteiger partial charge is 0.115 e. The summed E-state index contributed by atoms with van der Waals surface area (Å²) in [7, 11) is 1.84. The van der Waals surface area contributed by atoms with Gasteiger partial charge in [0.1, 0.15) is 5.75 Å². The maximum Gasteiger partial charge on any atom is 0.115 e. The highest BCUT2D eigenvalue weighted by Gasteiger charge is 2.48. The predicted molar refractivity (Wildman–Crippen MR) is 94.0 cm³/mol. The van der Waals surface area contributed by atoms with Crippen LogP contribution >= 0.6 is 0 Å². The minimum absolute atomic E-state index is 0.181. The second-order valence-corrected chi connectivity index (χ2v) is 7.71. The fourth-order valence-electron chi connectivity index (χ4n) is 4.79. The lowest BCUT2D eigenvalue weighted by Crippen LogP contribution is -2.59. The third kappa shape index (κ3) is 2.89. The van der Waals surface area contributed by atoms with Gasteiger partial charge in [0.15, 0.2) is 0 Å². The average Bonchev–Trinajstić information content (AvgIpc) is 2.53. The molecule has 1 aliphatic carbocycles. The minimum atomic E-state index is 0.181. The molecule has 3 heteroatoms. The van der Waals surface area contributed by atoms with E-state index in [2.05, 4.69) is 31.7 Å². The molecular formula is C20H31NO2. The molecule has 1 fully saturated rings. The minimum Gasteiger partial charge on any atom is -0.508 e. The Hall–Kier alpha value is -1.06. The van der Waals surface area contributed by atoms with Gasteiger partial charge < -0.3 is 9.84 Å². The monoisotopic (exact) mass is 317 g/mol. The number of phenolic OH excluding ortho intramolecular Hbond substituents is 1. The molecule has 1 aromatic carbocycles. The van der Waals surface area contributed by atoms with Crippen LogP contribution in [-0.4, -0.2) is 42.4 Å². The summed E-state index contributed by atoms with van der Waals surface area (Å²) in [4.78, 5) is 2.66. The molecule has 1 aliphatic heterocycles. The molecule has 3 nitrogen and oxygen atoms in total. The second kappa shape index (κ2) is 6.45. The molecule has 0 spiro atoms. The van der Waals surface area contributed by atoms with Gasteiger partial charge in [0.05, 0.1) is 6.10 Å². The van der Waals surface area contributed by atoms with Gasteiger partial charge in [-0.1, -0.05) is 33.3 Å². The number of phenols is 1. The van der Waals surface area contributed by atoms with Crippen LogP contribution in [0, 0.1) is 5.92 Å². The standard InChI is InChI=1S/C20H31NO2/c1-5-6-17(23-4)13-21-10-9-20(3)14(2)19(21)11-15-7-8-16(22)12-18(15)20/h7-8,12,14,17,19,22H,5-6,9-11,13H2,1-4H3/t14-,17+,19-,20+/m1/s1. The van der Waals surface area contributed by atoms with Crippen LogP contribution in [0.25, 0.3) is 0 Å². The quantitative estimate of drug-likeness (QED) is 0.898. The van der Waals surface area contributed by atoms with Gasteiger partial charge in [0.25, 0.3) is 0 Å². The lowest BCUT2D eigenvalue weighted by Gasteiger charge is -2.55. The highest BCUT2D eigenvalue weighted by Crippen LogP contribution is 2.49. The van der Waals surface area contributed by atoms with Crippen LogP contribution in [0.5, 0.6) is 5.75 Å². The van der Waals surface area contributed by atoms with Crippen molar-refractivity contribution in [2.75, 3.05) is 20.2 Å². The lowest BCUT2D eigenvalue weighted by molar-refractivity contribution is -0.0138. The average molecular weight is 317 g/mol. The van der Waals surface area contributed by atoms with E-state index >= 15 is 0 Å². The van der Waals surface area contributed by atoms with Crippen molar-refractivity contribution in [2.45, 2.75) is 64.0 Å². The van der Waals surface area contributed by atoms with Crippen LogP contribution in [0.1, 0.15) is 51.2 Å². The molecule has 1 N–H and O–H groups in total. The third-order valence-electron chi connectivity index (χ3n) is 6.49. The number of fused-ring (bicyclic) bond motifs is 4. The Morgan fingerprint density at radius 2 is 2.22 bits per heavy atom. The van der Waals surface area contributed by atoms with Crippen LogP contribution in [0.15, 0.2) is 18.2 Å². The number of benzene rings is 1.